The predicted molar refractivity (Wildman–Crippen MR) is 79.4 cm³/mol. The Labute approximate surface area is 124 Å². The number of methoxy groups -OCH3 is 1. The van der Waals surface area contributed by atoms with Gasteiger partial charge in [-0.15, -0.1) is 0 Å². The van der Waals surface area contributed by atoms with Crippen LogP contribution in [0, 0.1) is 0 Å². The first kappa shape index (κ1) is 16.8. The van der Waals surface area contributed by atoms with Crippen LogP contribution in [-0.2, 0) is 11.3 Å². The van der Waals surface area contributed by atoms with Gasteiger partial charge in [0.05, 0.1) is 13.7 Å². The van der Waals surface area contributed by atoms with E-state index in [4.69, 9.17) is 9.84 Å². The minimum Gasteiger partial charge on any atom is -0.496 e. The normalized spacial score (nSPS) is 10.0. The number of hydrogen-bond donors (Lipinski definition) is 1. The number of benzene rings is 1. The van der Waals surface area contributed by atoms with Crippen LogP contribution in [0.4, 0.5) is 4.79 Å². The summed E-state index contributed by atoms with van der Waals surface area (Å²) in [5, 5.41) is 8.60. The quantitative estimate of drug-likeness (QED) is 0.835. The van der Waals surface area contributed by atoms with Gasteiger partial charge < -0.3 is 19.6 Å². The number of rotatable bonds is 7. The van der Waals surface area contributed by atoms with E-state index in [0.29, 0.717) is 19.5 Å². The van der Waals surface area contributed by atoms with E-state index in [1.807, 2.05) is 24.3 Å². The lowest BCUT2D eigenvalue weighted by molar-refractivity contribution is -0.137. The summed E-state index contributed by atoms with van der Waals surface area (Å²) in [5.74, 6) is -0.107. The van der Waals surface area contributed by atoms with Gasteiger partial charge in [0, 0.05) is 32.6 Å². The van der Waals surface area contributed by atoms with Crippen molar-refractivity contribution in [1.82, 2.24) is 9.80 Å². The van der Waals surface area contributed by atoms with Gasteiger partial charge in [-0.3, -0.25) is 4.79 Å². The van der Waals surface area contributed by atoms with Gasteiger partial charge in [0.1, 0.15) is 5.75 Å². The number of amides is 2. The number of para-hydroxylation sites is 1. The van der Waals surface area contributed by atoms with E-state index in [-0.39, 0.29) is 12.5 Å². The summed E-state index contributed by atoms with van der Waals surface area (Å²) in [6.45, 7) is 0.855. The number of aliphatic carboxylic acids is 1. The molecule has 0 atom stereocenters. The largest absolute Gasteiger partial charge is 0.496 e. The van der Waals surface area contributed by atoms with E-state index < -0.39 is 5.97 Å². The maximum Gasteiger partial charge on any atom is 0.319 e. The van der Waals surface area contributed by atoms with E-state index in [9.17, 15) is 9.59 Å². The average Bonchev–Trinajstić information content (AvgIpc) is 2.46. The van der Waals surface area contributed by atoms with E-state index in [1.165, 1.54) is 4.90 Å². The molecule has 0 aliphatic carbocycles. The smallest absolute Gasteiger partial charge is 0.319 e. The monoisotopic (exact) mass is 294 g/mol. The highest BCUT2D eigenvalue weighted by Crippen LogP contribution is 2.19. The fourth-order valence-corrected chi connectivity index (χ4v) is 2.01. The van der Waals surface area contributed by atoms with Gasteiger partial charge >= 0.3 is 12.0 Å². The van der Waals surface area contributed by atoms with Crippen LogP contribution in [0.15, 0.2) is 24.3 Å². The zero-order valence-corrected chi connectivity index (χ0v) is 12.7. The van der Waals surface area contributed by atoms with E-state index >= 15 is 0 Å². The van der Waals surface area contributed by atoms with Gasteiger partial charge in [-0.2, -0.15) is 0 Å². The summed E-state index contributed by atoms with van der Waals surface area (Å²) in [5.41, 5.74) is 0.926. The van der Waals surface area contributed by atoms with Crippen LogP contribution in [0.3, 0.4) is 0 Å². The fourth-order valence-electron chi connectivity index (χ4n) is 2.01. The molecule has 0 fully saturated rings. The topological polar surface area (TPSA) is 70.1 Å². The van der Waals surface area contributed by atoms with Gasteiger partial charge in [0.25, 0.3) is 0 Å². The number of hydrogen-bond acceptors (Lipinski definition) is 3. The lowest BCUT2D eigenvalue weighted by atomic mass is 10.2. The Balaban J connectivity index is 2.55. The number of carbonyl (C=O) groups is 2. The second-order valence-corrected chi connectivity index (χ2v) is 4.87. The van der Waals surface area contributed by atoms with Crippen molar-refractivity contribution < 1.29 is 19.4 Å². The van der Waals surface area contributed by atoms with Crippen LogP contribution in [-0.4, -0.2) is 54.7 Å². The van der Waals surface area contributed by atoms with Crippen LogP contribution < -0.4 is 4.74 Å². The molecule has 0 aromatic heterocycles. The standard InChI is InChI=1S/C15H22N2O4/c1-16(10-6-9-14(18)19)15(20)17(2)11-12-7-4-5-8-13(12)21-3/h4-5,7-8H,6,9-11H2,1-3H3,(H,18,19). The predicted octanol–water partition coefficient (Wildman–Crippen LogP) is 2.04. The zero-order chi connectivity index (χ0) is 15.8. The third-order valence-electron chi connectivity index (χ3n) is 3.14. The first-order valence-electron chi connectivity index (χ1n) is 6.75. The van der Waals surface area contributed by atoms with Crippen molar-refractivity contribution in [3.8, 4) is 5.75 Å². The molecule has 0 spiro atoms. The molecule has 0 unspecified atom stereocenters. The molecule has 6 heteroatoms. The Morgan fingerprint density at radius 2 is 1.86 bits per heavy atom. The molecule has 0 radical (unpaired) electrons. The molecule has 1 aromatic rings. The van der Waals surface area contributed by atoms with Gasteiger partial charge in [0.2, 0.25) is 0 Å². The molecule has 0 aliphatic heterocycles. The van der Waals surface area contributed by atoms with Gasteiger partial charge in [0.15, 0.2) is 0 Å². The molecular weight excluding hydrogens is 272 g/mol. The van der Waals surface area contributed by atoms with Crippen LogP contribution in [0.2, 0.25) is 0 Å². The van der Waals surface area contributed by atoms with Gasteiger partial charge in [-0.05, 0) is 12.5 Å². The SMILES string of the molecule is COc1ccccc1CN(C)C(=O)N(C)CCCC(=O)O. The number of urea groups is 1. The fraction of sp³-hybridized carbons (Fsp3) is 0.467. The Hall–Kier alpha value is -2.24. The van der Waals surface area contributed by atoms with Crippen LogP contribution in [0.25, 0.3) is 0 Å². The molecule has 0 saturated heterocycles. The summed E-state index contributed by atoms with van der Waals surface area (Å²) < 4.78 is 5.26. The zero-order valence-electron chi connectivity index (χ0n) is 12.7. The lowest BCUT2D eigenvalue weighted by Gasteiger charge is -2.25. The second-order valence-electron chi connectivity index (χ2n) is 4.87. The highest BCUT2D eigenvalue weighted by molar-refractivity contribution is 5.74. The second kappa shape index (κ2) is 8.14. The first-order chi connectivity index (χ1) is 9.95. The summed E-state index contributed by atoms with van der Waals surface area (Å²) in [6.07, 6.45) is 0.508. The summed E-state index contributed by atoms with van der Waals surface area (Å²) in [7, 11) is 4.98. The number of nitrogens with zero attached hydrogens (tertiary/aromatic N) is 2. The molecule has 21 heavy (non-hydrogen) atoms. The molecule has 6 nitrogen and oxygen atoms in total. The minimum atomic E-state index is -0.849. The van der Waals surface area contributed by atoms with E-state index in [0.717, 1.165) is 11.3 Å². The van der Waals surface area contributed by atoms with Crippen LogP contribution in [0.1, 0.15) is 18.4 Å². The van der Waals surface area contributed by atoms with Crippen molar-refractivity contribution in [3.63, 3.8) is 0 Å². The minimum absolute atomic E-state index is 0.0633. The van der Waals surface area contributed by atoms with Crippen molar-refractivity contribution in [3.05, 3.63) is 29.8 Å². The van der Waals surface area contributed by atoms with Crippen molar-refractivity contribution in [2.45, 2.75) is 19.4 Å². The van der Waals surface area contributed by atoms with Gasteiger partial charge in [-0.25, -0.2) is 4.79 Å². The Morgan fingerprint density at radius 1 is 1.19 bits per heavy atom. The first-order valence-corrected chi connectivity index (χ1v) is 6.75. The maximum absolute atomic E-state index is 12.2. The Kier molecular flexibility index (Phi) is 6.52. The molecule has 2 amide bonds. The van der Waals surface area contributed by atoms with Crippen molar-refractivity contribution >= 4 is 12.0 Å². The third-order valence-corrected chi connectivity index (χ3v) is 3.14. The van der Waals surface area contributed by atoms with Crippen LogP contribution >= 0.6 is 0 Å². The highest BCUT2D eigenvalue weighted by Gasteiger charge is 2.15. The van der Waals surface area contributed by atoms with Crippen molar-refractivity contribution in [2.24, 2.45) is 0 Å². The molecule has 116 valence electrons. The van der Waals surface area contributed by atoms with Crippen molar-refractivity contribution in [1.29, 1.82) is 0 Å². The number of ether oxygens (including phenoxy) is 1. The summed E-state index contributed by atoms with van der Waals surface area (Å²) in [6, 6.07) is 7.39. The summed E-state index contributed by atoms with van der Waals surface area (Å²) >= 11 is 0. The molecular formula is C15H22N2O4. The van der Waals surface area contributed by atoms with E-state index in [2.05, 4.69) is 0 Å². The van der Waals surface area contributed by atoms with Crippen molar-refractivity contribution in [2.75, 3.05) is 27.7 Å². The molecule has 0 bridgehead atoms. The third kappa shape index (κ3) is 5.33. The molecule has 1 rings (SSSR count). The molecule has 1 N–H and O–H groups in total. The Morgan fingerprint density at radius 3 is 2.48 bits per heavy atom. The number of carboxylic acid groups (broad SMARTS) is 1. The molecule has 0 saturated carbocycles. The summed E-state index contributed by atoms with van der Waals surface area (Å²) in [4.78, 5) is 25.8. The number of carboxylic acids is 1. The molecule has 0 aliphatic rings. The Bertz CT molecular complexity index is 490. The van der Waals surface area contributed by atoms with Gasteiger partial charge in [-0.1, -0.05) is 18.2 Å². The molecule has 0 heterocycles. The number of carbonyl (C=O) groups excluding carboxylic acids is 1. The maximum atomic E-state index is 12.2. The van der Waals surface area contributed by atoms with Crippen LogP contribution in [0.5, 0.6) is 5.75 Å². The lowest BCUT2D eigenvalue weighted by Crippen LogP contribution is -2.39. The average molecular weight is 294 g/mol. The molecule has 1 aromatic carbocycles. The van der Waals surface area contributed by atoms with E-state index in [1.54, 1.807) is 26.1 Å². The highest BCUT2D eigenvalue weighted by atomic mass is 16.5.